The first kappa shape index (κ1) is 19.7. The highest BCUT2D eigenvalue weighted by Gasteiger charge is 2.29. The van der Waals surface area contributed by atoms with E-state index in [2.05, 4.69) is 5.32 Å². The van der Waals surface area contributed by atoms with Crippen LogP contribution in [-0.2, 0) is 15.0 Å². The van der Waals surface area contributed by atoms with Crippen molar-refractivity contribution in [3.63, 3.8) is 0 Å². The average Bonchev–Trinajstić information content (AvgIpc) is 2.56. The predicted octanol–water partition coefficient (Wildman–Crippen LogP) is 1.07. The van der Waals surface area contributed by atoms with E-state index < -0.39 is 10.2 Å². The van der Waals surface area contributed by atoms with Gasteiger partial charge in [-0.2, -0.15) is 17.0 Å². The number of hydrogen-bond donors (Lipinski definition) is 1. The molecule has 7 nitrogen and oxygen atoms in total. The average molecular weight is 369 g/mol. The Morgan fingerprint density at radius 1 is 1.24 bits per heavy atom. The number of nitrogens with one attached hydrogen (secondary N) is 1. The highest BCUT2D eigenvalue weighted by Crippen LogP contribution is 2.17. The molecule has 8 heteroatoms. The number of carbonyl (C=O) groups excluding carboxylic acids is 1. The first-order valence-corrected chi connectivity index (χ1v) is 9.77. The largest absolute Gasteiger partial charge is 0.484 e. The molecule has 1 saturated heterocycles. The molecule has 0 unspecified atom stereocenters. The molecular weight excluding hydrogens is 342 g/mol. The van der Waals surface area contributed by atoms with Gasteiger partial charge < -0.3 is 10.1 Å². The summed E-state index contributed by atoms with van der Waals surface area (Å²) in [6.45, 7) is 4.79. The molecule has 1 fully saturated rings. The molecule has 1 aromatic rings. The van der Waals surface area contributed by atoms with Gasteiger partial charge in [-0.05, 0) is 49.9 Å². The zero-order valence-corrected chi connectivity index (χ0v) is 16.1. The van der Waals surface area contributed by atoms with E-state index in [0.717, 1.165) is 5.56 Å². The van der Waals surface area contributed by atoms with Gasteiger partial charge in [0.05, 0.1) is 0 Å². The molecular formula is C17H27N3O4S. The van der Waals surface area contributed by atoms with Crippen molar-refractivity contribution in [1.29, 1.82) is 0 Å². The second-order valence-corrected chi connectivity index (χ2v) is 8.71. The molecule has 2 rings (SSSR count). The van der Waals surface area contributed by atoms with E-state index in [-0.39, 0.29) is 18.6 Å². The molecule has 1 aliphatic rings. The molecule has 0 aromatic heterocycles. The molecule has 0 radical (unpaired) electrons. The highest BCUT2D eigenvalue weighted by molar-refractivity contribution is 7.86. The van der Waals surface area contributed by atoms with Crippen molar-refractivity contribution in [2.75, 3.05) is 33.8 Å². The first-order chi connectivity index (χ1) is 11.7. The van der Waals surface area contributed by atoms with Crippen LogP contribution in [0.3, 0.4) is 0 Å². The zero-order chi connectivity index (χ0) is 18.6. The highest BCUT2D eigenvalue weighted by atomic mass is 32.2. The molecule has 0 spiro atoms. The smallest absolute Gasteiger partial charge is 0.281 e. The van der Waals surface area contributed by atoms with Crippen LogP contribution in [0.15, 0.2) is 18.2 Å². The van der Waals surface area contributed by atoms with E-state index in [9.17, 15) is 13.2 Å². The van der Waals surface area contributed by atoms with Crippen LogP contribution in [0.25, 0.3) is 0 Å². The molecule has 1 aromatic carbocycles. The van der Waals surface area contributed by atoms with E-state index >= 15 is 0 Å². The van der Waals surface area contributed by atoms with Crippen molar-refractivity contribution in [3.05, 3.63) is 29.3 Å². The summed E-state index contributed by atoms with van der Waals surface area (Å²) >= 11 is 0. The molecule has 0 aliphatic carbocycles. The first-order valence-electron chi connectivity index (χ1n) is 8.37. The summed E-state index contributed by atoms with van der Waals surface area (Å²) in [5.74, 6) is 0.484. The van der Waals surface area contributed by atoms with Crippen molar-refractivity contribution < 1.29 is 17.9 Å². The standard InChI is InChI=1S/C17H27N3O4S/c1-13-5-6-16(11-14(13)2)24-12-17(21)18-15-7-9-20(10-8-15)25(22,23)19(3)4/h5-6,11,15H,7-10,12H2,1-4H3,(H,18,21). The van der Waals surface area contributed by atoms with Gasteiger partial charge in [0, 0.05) is 33.2 Å². The van der Waals surface area contributed by atoms with E-state index in [1.807, 2.05) is 32.0 Å². The van der Waals surface area contributed by atoms with Gasteiger partial charge in [0.1, 0.15) is 5.75 Å². The van der Waals surface area contributed by atoms with Gasteiger partial charge in [0.15, 0.2) is 6.61 Å². The van der Waals surface area contributed by atoms with Crippen LogP contribution in [0.2, 0.25) is 0 Å². The molecule has 0 bridgehead atoms. The molecule has 1 amide bonds. The van der Waals surface area contributed by atoms with E-state index in [4.69, 9.17) is 4.74 Å². The second-order valence-electron chi connectivity index (χ2n) is 6.57. The molecule has 1 aliphatic heterocycles. The van der Waals surface area contributed by atoms with Gasteiger partial charge in [-0.3, -0.25) is 4.79 Å². The number of carbonyl (C=O) groups is 1. The Hall–Kier alpha value is -1.64. The van der Waals surface area contributed by atoms with Gasteiger partial charge in [-0.1, -0.05) is 6.07 Å². The third kappa shape index (κ3) is 5.17. The van der Waals surface area contributed by atoms with E-state index in [1.165, 1.54) is 28.3 Å². The van der Waals surface area contributed by atoms with Gasteiger partial charge >= 0.3 is 0 Å². The van der Waals surface area contributed by atoms with Gasteiger partial charge in [0.25, 0.3) is 16.1 Å². The number of piperidine rings is 1. The van der Waals surface area contributed by atoms with E-state index in [0.29, 0.717) is 31.7 Å². The summed E-state index contributed by atoms with van der Waals surface area (Å²) in [6, 6.07) is 5.70. The summed E-state index contributed by atoms with van der Waals surface area (Å²) in [6.07, 6.45) is 1.20. The summed E-state index contributed by atoms with van der Waals surface area (Å²) in [7, 11) is -0.334. The Labute approximate surface area is 150 Å². The Morgan fingerprint density at radius 3 is 2.44 bits per heavy atom. The Kier molecular flexibility index (Phi) is 6.42. The lowest BCUT2D eigenvalue weighted by atomic mass is 10.1. The number of aryl methyl sites for hydroxylation is 2. The van der Waals surface area contributed by atoms with Crippen LogP contribution in [-0.4, -0.2) is 62.8 Å². The Balaban J connectivity index is 1.78. The number of rotatable bonds is 6. The van der Waals surface area contributed by atoms with Crippen molar-refractivity contribution in [1.82, 2.24) is 13.9 Å². The van der Waals surface area contributed by atoms with Gasteiger partial charge in [-0.15, -0.1) is 0 Å². The fourth-order valence-electron chi connectivity index (χ4n) is 2.68. The van der Waals surface area contributed by atoms with Gasteiger partial charge in [0.2, 0.25) is 0 Å². The van der Waals surface area contributed by atoms with Crippen molar-refractivity contribution >= 4 is 16.1 Å². The predicted molar refractivity (Wildman–Crippen MR) is 96.8 cm³/mol. The van der Waals surface area contributed by atoms with Crippen molar-refractivity contribution in [2.24, 2.45) is 0 Å². The fourth-order valence-corrected chi connectivity index (χ4v) is 3.82. The maximum Gasteiger partial charge on any atom is 0.281 e. The Bertz CT molecular complexity index is 711. The normalized spacial score (nSPS) is 16.8. The van der Waals surface area contributed by atoms with Crippen LogP contribution in [0.5, 0.6) is 5.75 Å². The number of nitrogens with zero attached hydrogens (tertiary/aromatic N) is 2. The van der Waals surface area contributed by atoms with Crippen LogP contribution in [0.4, 0.5) is 0 Å². The number of hydrogen-bond acceptors (Lipinski definition) is 4. The number of amides is 1. The molecule has 0 saturated carbocycles. The lowest BCUT2D eigenvalue weighted by molar-refractivity contribution is -0.124. The third-order valence-corrected chi connectivity index (χ3v) is 6.40. The third-order valence-electron chi connectivity index (χ3n) is 4.46. The second kappa shape index (κ2) is 8.16. The topological polar surface area (TPSA) is 79.0 Å². The lowest BCUT2D eigenvalue weighted by Gasteiger charge is -2.33. The summed E-state index contributed by atoms with van der Waals surface area (Å²) < 4.78 is 32.3. The molecule has 1 heterocycles. The van der Waals surface area contributed by atoms with Crippen molar-refractivity contribution in [3.8, 4) is 5.75 Å². The minimum atomic E-state index is -3.38. The van der Waals surface area contributed by atoms with E-state index in [1.54, 1.807) is 0 Å². The van der Waals surface area contributed by atoms with Crippen molar-refractivity contribution in [2.45, 2.75) is 32.7 Å². The van der Waals surface area contributed by atoms with Crippen LogP contribution in [0.1, 0.15) is 24.0 Å². The van der Waals surface area contributed by atoms with Gasteiger partial charge in [-0.25, -0.2) is 0 Å². The minimum absolute atomic E-state index is 0.0236. The molecule has 0 atom stereocenters. The summed E-state index contributed by atoms with van der Waals surface area (Å²) in [4.78, 5) is 12.0. The maximum atomic E-state index is 12.1. The van der Waals surface area contributed by atoms with Crippen LogP contribution >= 0.6 is 0 Å². The van der Waals surface area contributed by atoms with Crippen LogP contribution in [0, 0.1) is 13.8 Å². The van der Waals surface area contributed by atoms with Crippen LogP contribution < -0.4 is 10.1 Å². The SMILES string of the molecule is Cc1ccc(OCC(=O)NC2CCN(S(=O)(=O)N(C)C)CC2)cc1C. The number of benzene rings is 1. The quantitative estimate of drug-likeness (QED) is 0.814. The Morgan fingerprint density at radius 2 is 1.88 bits per heavy atom. The minimum Gasteiger partial charge on any atom is -0.484 e. The summed E-state index contributed by atoms with van der Waals surface area (Å²) in [5, 5.41) is 2.92. The monoisotopic (exact) mass is 369 g/mol. The molecule has 140 valence electrons. The molecule has 1 N–H and O–H groups in total. The number of ether oxygens (including phenoxy) is 1. The fraction of sp³-hybridized carbons (Fsp3) is 0.588. The zero-order valence-electron chi connectivity index (χ0n) is 15.3. The summed E-state index contributed by atoms with van der Waals surface area (Å²) in [5.41, 5.74) is 2.30. The molecule has 25 heavy (non-hydrogen) atoms. The lowest BCUT2D eigenvalue weighted by Crippen LogP contribution is -2.49. The maximum absolute atomic E-state index is 12.1.